The van der Waals surface area contributed by atoms with Gasteiger partial charge in [0.05, 0.1) is 17.0 Å². The van der Waals surface area contributed by atoms with Gasteiger partial charge in [-0.05, 0) is 37.1 Å². The van der Waals surface area contributed by atoms with Gasteiger partial charge in [0.1, 0.15) is 12.7 Å². The molecule has 2 atom stereocenters. The fourth-order valence-corrected chi connectivity index (χ4v) is 2.77. The van der Waals surface area contributed by atoms with Crippen molar-refractivity contribution in [3.8, 4) is 0 Å². The van der Waals surface area contributed by atoms with Gasteiger partial charge in [0.15, 0.2) is 0 Å². The smallest absolute Gasteiger partial charge is 0.338 e. The van der Waals surface area contributed by atoms with Crippen molar-refractivity contribution in [3.63, 3.8) is 0 Å². The van der Waals surface area contributed by atoms with E-state index < -0.39 is 5.97 Å². The van der Waals surface area contributed by atoms with Crippen molar-refractivity contribution in [1.29, 1.82) is 0 Å². The summed E-state index contributed by atoms with van der Waals surface area (Å²) in [6, 6.07) is 17.6. The maximum Gasteiger partial charge on any atom is 0.338 e. The van der Waals surface area contributed by atoms with Crippen LogP contribution in [0.15, 0.2) is 72.8 Å². The zero-order valence-electron chi connectivity index (χ0n) is 13.8. The van der Waals surface area contributed by atoms with Gasteiger partial charge in [-0.1, -0.05) is 48.6 Å². The van der Waals surface area contributed by atoms with Crippen LogP contribution in [0.2, 0.25) is 0 Å². The van der Waals surface area contributed by atoms with Crippen molar-refractivity contribution in [2.24, 2.45) is 5.92 Å². The Bertz CT molecular complexity index is 752. The Morgan fingerprint density at radius 1 is 0.920 bits per heavy atom. The summed E-state index contributed by atoms with van der Waals surface area (Å²) < 4.78 is 11.0. The zero-order chi connectivity index (χ0) is 17.6. The summed E-state index contributed by atoms with van der Waals surface area (Å²) in [4.78, 5) is 24.3. The van der Waals surface area contributed by atoms with Gasteiger partial charge in [-0.3, -0.25) is 0 Å². The fourth-order valence-electron chi connectivity index (χ4n) is 2.77. The van der Waals surface area contributed by atoms with E-state index in [2.05, 4.69) is 6.58 Å². The predicted octanol–water partition coefficient (Wildman–Crippen LogP) is 3.85. The predicted molar refractivity (Wildman–Crippen MR) is 93.9 cm³/mol. The largest absolute Gasteiger partial charge is 0.461 e. The van der Waals surface area contributed by atoms with Gasteiger partial charge < -0.3 is 9.47 Å². The van der Waals surface area contributed by atoms with E-state index in [1.54, 1.807) is 48.5 Å². The highest BCUT2D eigenvalue weighted by molar-refractivity contribution is 5.90. The summed E-state index contributed by atoms with van der Waals surface area (Å²) in [6.45, 7) is 4.11. The first-order valence-corrected chi connectivity index (χ1v) is 8.15. The number of hydrogen-bond acceptors (Lipinski definition) is 4. The van der Waals surface area contributed by atoms with E-state index in [4.69, 9.17) is 9.47 Å². The fraction of sp³-hybridized carbons (Fsp3) is 0.190. The lowest BCUT2D eigenvalue weighted by Crippen LogP contribution is -2.27. The molecule has 0 saturated heterocycles. The standard InChI is InChI=1S/C21H19O4/c1-15-12-13-19(25-21(23)17-10-6-3-7-11-17)18(15)14-24-20(22)16-8-4-2-5-9-16/h2-12,18-19H,1,13-14H2/t18-,19-/m0/s1. The molecule has 0 heterocycles. The first kappa shape index (κ1) is 17.0. The van der Waals surface area contributed by atoms with Crippen LogP contribution in [-0.4, -0.2) is 24.6 Å². The van der Waals surface area contributed by atoms with Crippen molar-refractivity contribution in [2.75, 3.05) is 6.61 Å². The Labute approximate surface area is 147 Å². The molecule has 25 heavy (non-hydrogen) atoms. The highest BCUT2D eigenvalue weighted by atomic mass is 16.6. The number of hydrogen-bond donors (Lipinski definition) is 0. The molecule has 4 heteroatoms. The molecule has 1 saturated carbocycles. The minimum Gasteiger partial charge on any atom is -0.461 e. The minimum atomic E-state index is -0.395. The molecule has 1 fully saturated rings. The Kier molecular flexibility index (Phi) is 5.29. The number of rotatable bonds is 5. The number of ether oxygens (including phenoxy) is 2. The highest BCUT2D eigenvalue weighted by Gasteiger charge is 2.35. The van der Waals surface area contributed by atoms with Crippen molar-refractivity contribution >= 4 is 11.9 Å². The molecule has 1 aliphatic carbocycles. The lowest BCUT2D eigenvalue weighted by atomic mass is 10.0. The SMILES string of the molecule is C=C1[CH]C[C@H](OC(=O)c2ccccc2)[C@H]1COC(=O)c1ccccc1. The van der Waals surface area contributed by atoms with Crippen LogP contribution in [0.1, 0.15) is 27.1 Å². The van der Waals surface area contributed by atoms with Crippen LogP contribution in [0.3, 0.4) is 0 Å². The van der Waals surface area contributed by atoms with Gasteiger partial charge in [0, 0.05) is 0 Å². The zero-order valence-corrected chi connectivity index (χ0v) is 13.8. The van der Waals surface area contributed by atoms with Crippen LogP contribution in [0.25, 0.3) is 0 Å². The van der Waals surface area contributed by atoms with Crippen LogP contribution in [0.5, 0.6) is 0 Å². The Balaban J connectivity index is 1.60. The minimum absolute atomic E-state index is 0.135. The van der Waals surface area contributed by atoms with Gasteiger partial charge in [-0.25, -0.2) is 9.59 Å². The van der Waals surface area contributed by atoms with E-state index in [1.165, 1.54) is 0 Å². The third-order valence-electron chi connectivity index (χ3n) is 4.21. The van der Waals surface area contributed by atoms with Crippen molar-refractivity contribution in [1.82, 2.24) is 0 Å². The molecule has 0 bridgehead atoms. The van der Waals surface area contributed by atoms with Gasteiger partial charge in [-0.15, -0.1) is 0 Å². The number of esters is 2. The van der Waals surface area contributed by atoms with Crippen molar-refractivity contribution in [2.45, 2.75) is 12.5 Å². The van der Waals surface area contributed by atoms with Crippen LogP contribution in [-0.2, 0) is 9.47 Å². The molecule has 3 rings (SSSR count). The summed E-state index contributed by atoms with van der Waals surface area (Å²) in [7, 11) is 0. The van der Waals surface area contributed by atoms with Crippen LogP contribution < -0.4 is 0 Å². The Hall–Kier alpha value is -2.88. The van der Waals surface area contributed by atoms with Gasteiger partial charge in [-0.2, -0.15) is 0 Å². The molecule has 1 aliphatic rings. The monoisotopic (exact) mass is 335 g/mol. The number of carbonyl (C=O) groups is 2. The molecule has 0 unspecified atom stereocenters. The highest BCUT2D eigenvalue weighted by Crippen LogP contribution is 2.32. The normalized spacial score (nSPS) is 19.4. The van der Waals surface area contributed by atoms with Gasteiger partial charge in [0.25, 0.3) is 0 Å². The molecule has 0 aliphatic heterocycles. The van der Waals surface area contributed by atoms with Gasteiger partial charge in [0.2, 0.25) is 0 Å². The average molecular weight is 335 g/mol. The topological polar surface area (TPSA) is 52.6 Å². The molecule has 0 amide bonds. The molecule has 0 spiro atoms. The lowest BCUT2D eigenvalue weighted by Gasteiger charge is -2.20. The third kappa shape index (κ3) is 4.15. The summed E-state index contributed by atoms with van der Waals surface area (Å²) in [5.41, 5.74) is 1.82. The molecule has 127 valence electrons. The summed E-state index contributed by atoms with van der Waals surface area (Å²) in [5, 5.41) is 0. The van der Waals surface area contributed by atoms with Crippen molar-refractivity contribution in [3.05, 3.63) is 90.4 Å². The first-order valence-electron chi connectivity index (χ1n) is 8.15. The quantitative estimate of drug-likeness (QED) is 0.779. The molecular formula is C21H19O4. The van der Waals surface area contributed by atoms with Gasteiger partial charge >= 0.3 is 11.9 Å². The maximum absolute atomic E-state index is 12.2. The number of benzene rings is 2. The lowest BCUT2D eigenvalue weighted by molar-refractivity contribution is 0.00943. The van der Waals surface area contributed by atoms with E-state index >= 15 is 0 Å². The van der Waals surface area contributed by atoms with Crippen LogP contribution in [0.4, 0.5) is 0 Å². The van der Waals surface area contributed by atoms with E-state index in [0.717, 1.165) is 5.57 Å². The Morgan fingerprint density at radius 2 is 1.48 bits per heavy atom. The van der Waals surface area contributed by atoms with E-state index in [1.807, 2.05) is 18.6 Å². The molecule has 2 aromatic rings. The molecule has 4 nitrogen and oxygen atoms in total. The van der Waals surface area contributed by atoms with E-state index in [9.17, 15) is 9.59 Å². The van der Waals surface area contributed by atoms with E-state index in [0.29, 0.717) is 17.5 Å². The van der Waals surface area contributed by atoms with Crippen LogP contribution in [0, 0.1) is 12.3 Å². The molecule has 1 radical (unpaired) electrons. The second-order valence-electron chi connectivity index (χ2n) is 5.90. The maximum atomic E-state index is 12.2. The average Bonchev–Trinajstić information content (AvgIpc) is 3.00. The summed E-state index contributed by atoms with van der Waals surface area (Å²) in [6.07, 6.45) is 2.12. The molecule has 0 aromatic heterocycles. The molecule has 0 N–H and O–H groups in total. The molecule has 2 aromatic carbocycles. The van der Waals surface area contributed by atoms with Crippen molar-refractivity contribution < 1.29 is 19.1 Å². The second kappa shape index (κ2) is 7.79. The van der Waals surface area contributed by atoms with E-state index in [-0.39, 0.29) is 24.6 Å². The van der Waals surface area contributed by atoms with Crippen LogP contribution >= 0.6 is 0 Å². The first-order chi connectivity index (χ1) is 12.1. The molecular weight excluding hydrogens is 316 g/mol. The summed E-state index contributed by atoms with van der Waals surface area (Å²) in [5.74, 6) is -0.998. The Morgan fingerprint density at radius 3 is 2.08 bits per heavy atom. The second-order valence-corrected chi connectivity index (χ2v) is 5.90. The summed E-state index contributed by atoms with van der Waals surface area (Å²) >= 11 is 0. The number of carbonyl (C=O) groups excluding carboxylic acids is 2. The third-order valence-corrected chi connectivity index (χ3v) is 4.21.